The van der Waals surface area contributed by atoms with Crippen molar-refractivity contribution in [3.05, 3.63) is 23.8 Å². The number of methoxy groups -OCH3 is 1. The van der Waals surface area contributed by atoms with Crippen LogP contribution in [0.3, 0.4) is 0 Å². The van der Waals surface area contributed by atoms with Gasteiger partial charge < -0.3 is 25.3 Å². The number of halogens is 1. The van der Waals surface area contributed by atoms with E-state index in [0.29, 0.717) is 19.1 Å². The lowest BCUT2D eigenvalue weighted by Crippen LogP contribution is -2.39. The minimum absolute atomic E-state index is 0. The van der Waals surface area contributed by atoms with Crippen molar-refractivity contribution in [2.45, 2.75) is 26.3 Å². The van der Waals surface area contributed by atoms with Gasteiger partial charge in [0, 0.05) is 19.6 Å². The van der Waals surface area contributed by atoms with Gasteiger partial charge in [-0.15, -0.1) is 24.0 Å². The lowest BCUT2D eigenvalue weighted by atomic mass is 10.2. The first-order valence-electron chi connectivity index (χ1n) is 9.36. The fourth-order valence-corrected chi connectivity index (χ4v) is 2.72. The molecule has 0 aromatic heterocycles. The van der Waals surface area contributed by atoms with Gasteiger partial charge in [-0.3, -0.25) is 4.90 Å². The Morgan fingerprint density at radius 3 is 2.78 bits per heavy atom. The van der Waals surface area contributed by atoms with Gasteiger partial charge in [0.15, 0.2) is 17.5 Å². The van der Waals surface area contributed by atoms with Crippen molar-refractivity contribution >= 4 is 29.9 Å². The van der Waals surface area contributed by atoms with Gasteiger partial charge >= 0.3 is 0 Å². The van der Waals surface area contributed by atoms with E-state index < -0.39 is 0 Å². The molecule has 27 heavy (non-hydrogen) atoms. The highest BCUT2D eigenvalue weighted by Gasteiger charge is 2.09. The van der Waals surface area contributed by atoms with Gasteiger partial charge in [-0.1, -0.05) is 13.0 Å². The molecular formula is C19H33IN4O3. The van der Waals surface area contributed by atoms with Crippen LogP contribution < -0.4 is 20.5 Å². The molecule has 1 aromatic carbocycles. The zero-order valence-electron chi connectivity index (χ0n) is 16.4. The van der Waals surface area contributed by atoms with E-state index in [9.17, 15) is 0 Å². The van der Waals surface area contributed by atoms with Crippen LogP contribution in [0.5, 0.6) is 11.5 Å². The first kappa shape index (κ1) is 23.8. The number of ether oxygens (including phenoxy) is 3. The number of morpholine rings is 1. The molecule has 1 heterocycles. The van der Waals surface area contributed by atoms with E-state index in [0.717, 1.165) is 69.3 Å². The Balaban J connectivity index is 0.00000364. The second kappa shape index (κ2) is 13.8. The van der Waals surface area contributed by atoms with Gasteiger partial charge in [-0.05, 0) is 37.1 Å². The van der Waals surface area contributed by atoms with Crippen LogP contribution in [0, 0.1) is 0 Å². The van der Waals surface area contributed by atoms with Crippen molar-refractivity contribution in [3.8, 4) is 11.5 Å². The molecule has 1 saturated heterocycles. The van der Waals surface area contributed by atoms with Crippen LogP contribution in [0.2, 0.25) is 0 Å². The van der Waals surface area contributed by atoms with Crippen molar-refractivity contribution in [3.63, 3.8) is 0 Å². The fourth-order valence-electron chi connectivity index (χ4n) is 2.72. The quantitative estimate of drug-likeness (QED) is 0.226. The van der Waals surface area contributed by atoms with Crippen LogP contribution in [0.15, 0.2) is 23.2 Å². The molecule has 8 heteroatoms. The Kier molecular flexibility index (Phi) is 12.2. The summed E-state index contributed by atoms with van der Waals surface area (Å²) >= 11 is 0. The predicted molar refractivity (Wildman–Crippen MR) is 119 cm³/mol. The minimum atomic E-state index is 0. The standard InChI is InChI=1S/C19H32N4O3.HI/c1-3-11-26-17-6-5-16(14-18(17)24-2)15-22-19(20)21-7-4-8-23-9-12-25-13-10-23;/h5-6,14H,3-4,7-13,15H2,1-2H3,(H3,20,21,22);1H. The van der Waals surface area contributed by atoms with Crippen LogP contribution in [0.1, 0.15) is 25.3 Å². The lowest BCUT2D eigenvalue weighted by molar-refractivity contribution is 0.0376. The van der Waals surface area contributed by atoms with Crippen molar-refractivity contribution < 1.29 is 14.2 Å². The van der Waals surface area contributed by atoms with Gasteiger partial charge in [0.05, 0.1) is 33.5 Å². The number of hydrogen-bond donors (Lipinski definition) is 2. The number of benzene rings is 1. The molecule has 0 radical (unpaired) electrons. The zero-order valence-corrected chi connectivity index (χ0v) is 18.7. The third kappa shape index (κ3) is 8.98. The normalized spacial score (nSPS) is 15.1. The van der Waals surface area contributed by atoms with Gasteiger partial charge in [0.25, 0.3) is 0 Å². The Hall–Kier alpha value is -1.26. The Bertz CT molecular complexity index is 566. The summed E-state index contributed by atoms with van der Waals surface area (Å²) in [5.74, 6) is 1.96. The van der Waals surface area contributed by atoms with Crippen LogP contribution in [0.4, 0.5) is 0 Å². The van der Waals surface area contributed by atoms with Crippen molar-refractivity contribution in [1.82, 2.24) is 10.2 Å². The molecular weight excluding hydrogens is 459 g/mol. The van der Waals surface area contributed by atoms with E-state index in [-0.39, 0.29) is 24.0 Å². The molecule has 1 aliphatic rings. The topological polar surface area (TPSA) is 81.3 Å². The zero-order chi connectivity index (χ0) is 18.6. The molecule has 0 unspecified atom stereocenters. The van der Waals surface area contributed by atoms with Crippen molar-refractivity contribution in [1.29, 1.82) is 0 Å². The summed E-state index contributed by atoms with van der Waals surface area (Å²) in [5, 5.41) is 3.17. The number of hydrogen-bond acceptors (Lipinski definition) is 5. The maximum atomic E-state index is 5.96. The molecule has 1 aliphatic heterocycles. The summed E-state index contributed by atoms with van der Waals surface area (Å²) in [7, 11) is 1.64. The Morgan fingerprint density at radius 2 is 2.07 bits per heavy atom. The first-order valence-corrected chi connectivity index (χ1v) is 9.36. The molecule has 0 aliphatic carbocycles. The van der Waals surface area contributed by atoms with Crippen LogP contribution in [-0.2, 0) is 11.3 Å². The SMILES string of the molecule is CCCOc1ccc(CN=C(N)NCCCN2CCOCC2)cc1OC.I. The monoisotopic (exact) mass is 492 g/mol. The molecule has 0 atom stereocenters. The largest absolute Gasteiger partial charge is 0.493 e. The van der Waals surface area contributed by atoms with Gasteiger partial charge in [0.2, 0.25) is 0 Å². The van der Waals surface area contributed by atoms with E-state index in [2.05, 4.69) is 22.1 Å². The summed E-state index contributed by atoms with van der Waals surface area (Å²) in [6, 6.07) is 5.86. The maximum Gasteiger partial charge on any atom is 0.188 e. The third-order valence-electron chi connectivity index (χ3n) is 4.18. The Labute approximate surface area is 179 Å². The minimum Gasteiger partial charge on any atom is -0.493 e. The van der Waals surface area contributed by atoms with Gasteiger partial charge in [-0.2, -0.15) is 0 Å². The number of nitrogens with one attached hydrogen (secondary N) is 1. The summed E-state index contributed by atoms with van der Waals surface area (Å²) < 4.78 is 16.4. The van der Waals surface area contributed by atoms with E-state index in [1.807, 2.05) is 18.2 Å². The Morgan fingerprint density at radius 1 is 1.30 bits per heavy atom. The highest BCUT2D eigenvalue weighted by molar-refractivity contribution is 14.0. The molecule has 3 N–H and O–H groups in total. The summed E-state index contributed by atoms with van der Waals surface area (Å²) in [4.78, 5) is 6.81. The van der Waals surface area contributed by atoms with Gasteiger partial charge in [0.1, 0.15) is 0 Å². The fraction of sp³-hybridized carbons (Fsp3) is 0.632. The number of nitrogens with two attached hydrogens (primary N) is 1. The average Bonchev–Trinajstić information content (AvgIpc) is 2.69. The summed E-state index contributed by atoms with van der Waals surface area (Å²) in [6.45, 7) is 8.84. The molecule has 0 saturated carbocycles. The van der Waals surface area contributed by atoms with Crippen molar-refractivity contribution in [2.24, 2.45) is 10.7 Å². The highest BCUT2D eigenvalue weighted by atomic mass is 127. The molecule has 0 amide bonds. The number of guanidine groups is 1. The molecule has 2 rings (SSSR count). The van der Waals surface area contributed by atoms with E-state index in [1.54, 1.807) is 7.11 Å². The predicted octanol–water partition coefficient (Wildman–Crippen LogP) is 2.23. The average molecular weight is 492 g/mol. The van der Waals surface area contributed by atoms with Crippen molar-refractivity contribution in [2.75, 3.05) is 53.1 Å². The smallest absolute Gasteiger partial charge is 0.188 e. The lowest BCUT2D eigenvalue weighted by Gasteiger charge is -2.26. The first-order chi connectivity index (χ1) is 12.7. The second-order valence-electron chi connectivity index (χ2n) is 6.27. The highest BCUT2D eigenvalue weighted by Crippen LogP contribution is 2.28. The molecule has 0 bridgehead atoms. The van der Waals surface area contributed by atoms with E-state index >= 15 is 0 Å². The molecule has 1 aromatic rings. The third-order valence-corrected chi connectivity index (χ3v) is 4.18. The molecule has 154 valence electrons. The number of rotatable bonds is 10. The summed E-state index contributed by atoms with van der Waals surface area (Å²) in [6.07, 6.45) is 2.00. The number of aliphatic imine (C=N–C) groups is 1. The maximum absolute atomic E-state index is 5.96. The van der Waals surface area contributed by atoms with E-state index in [1.165, 1.54) is 0 Å². The van der Waals surface area contributed by atoms with Crippen LogP contribution in [0.25, 0.3) is 0 Å². The molecule has 0 spiro atoms. The molecule has 1 fully saturated rings. The van der Waals surface area contributed by atoms with Crippen LogP contribution >= 0.6 is 24.0 Å². The van der Waals surface area contributed by atoms with Gasteiger partial charge in [-0.25, -0.2) is 4.99 Å². The van der Waals surface area contributed by atoms with E-state index in [4.69, 9.17) is 19.9 Å². The molecule has 7 nitrogen and oxygen atoms in total. The summed E-state index contributed by atoms with van der Waals surface area (Å²) in [5.41, 5.74) is 6.99. The number of nitrogens with zero attached hydrogens (tertiary/aromatic N) is 2. The van der Waals surface area contributed by atoms with Crippen LogP contribution in [-0.4, -0.2) is 64.0 Å². The second-order valence-corrected chi connectivity index (χ2v) is 6.27.